The van der Waals surface area contributed by atoms with Gasteiger partial charge in [0.2, 0.25) is 0 Å². The van der Waals surface area contributed by atoms with Crippen molar-refractivity contribution in [3.63, 3.8) is 0 Å². The maximum atomic E-state index is 12.6. The lowest BCUT2D eigenvalue weighted by molar-refractivity contribution is -0.0817. The standard InChI is InChI=1S/C11H10ClF3N2O2/c12-8-3-1-2-4-9(8)17-7(5-18)6-19-10(16-17)11(13,14)15/h1-4,7,18H,5-6H2. The highest BCUT2D eigenvalue weighted by atomic mass is 35.5. The van der Waals surface area contributed by atoms with E-state index in [1.165, 1.54) is 12.1 Å². The number of hydrogen-bond acceptors (Lipinski definition) is 4. The Morgan fingerprint density at radius 2 is 2.11 bits per heavy atom. The third kappa shape index (κ3) is 2.93. The first-order chi connectivity index (χ1) is 8.93. The second kappa shape index (κ2) is 5.26. The minimum atomic E-state index is -4.68. The number of para-hydroxylation sites is 1. The van der Waals surface area contributed by atoms with E-state index in [2.05, 4.69) is 9.84 Å². The van der Waals surface area contributed by atoms with Gasteiger partial charge in [0.1, 0.15) is 12.6 Å². The first-order valence-electron chi connectivity index (χ1n) is 5.36. The molecule has 1 atom stereocenters. The lowest BCUT2D eigenvalue weighted by atomic mass is 10.2. The predicted molar refractivity (Wildman–Crippen MR) is 64.2 cm³/mol. The highest BCUT2D eigenvalue weighted by Gasteiger charge is 2.42. The third-order valence-electron chi connectivity index (χ3n) is 2.51. The lowest BCUT2D eigenvalue weighted by Crippen LogP contribution is -2.46. The summed E-state index contributed by atoms with van der Waals surface area (Å²) in [4.78, 5) is 0. The average molecular weight is 295 g/mol. The van der Waals surface area contributed by atoms with Gasteiger partial charge in [0, 0.05) is 0 Å². The van der Waals surface area contributed by atoms with E-state index in [1.54, 1.807) is 12.1 Å². The highest BCUT2D eigenvalue weighted by Crippen LogP contribution is 2.31. The van der Waals surface area contributed by atoms with Gasteiger partial charge >= 0.3 is 12.1 Å². The molecule has 4 nitrogen and oxygen atoms in total. The molecule has 0 spiro atoms. The molecule has 8 heteroatoms. The van der Waals surface area contributed by atoms with Crippen molar-refractivity contribution in [3.05, 3.63) is 29.3 Å². The maximum Gasteiger partial charge on any atom is 0.470 e. The third-order valence-corrected chi connectivity index (χ3v) is 2.83. The van der Waals surface area contributed by atoms with Crippen LogP contribution in [0.1, 0.15) is 0 Å². The molecule has 0 saturated carbocycles. The number of halogens is 4. The second-order valence-electron chi connectivity index (χ2n) is 3.85. The molecule has 19 heavy (non-hydrogen) atoms. The Morgan fingerprint density at radius 3 is 2.68 bits per heavy atom. The SMILES string of the molecule is OCC1COC(C(F)(F)F)=NN1c1ccccc1Cl. The van der Waals surface area contributed by atoms with Gasteiger partial charge in [-0.25, -0.2) is 0 Å². The monoisotopic (exact) mass is 294 g/mol. The molecule has 0 fully saturated rings. The smallest absolute Gasteiger partial charge is 0.470 e. The zero-order valence-electron chi connectivity index (χ0n) is 9.56. The summed E-state index contributed by atoms with van der Waals surface area (Å²) in [6, 6.07) is 5.60. The van der Waals surface area contributed by atoms with E-state index in [9.17, 15) is 18.3 Å². The maximum absolute atomic E-state index is 12.6. The van der Waals surface area contributed by atoms with Crippen LogP contribution >= 0.6 is 11.6 Å². The molecule has 0 saturated heterocycles. The number of benzene rings is 1. The first kappa shape index (κ1) is 14.0. The fourth-order valence-electron chi connectivity index (χ4n) is 1.61. The fraction of sp³-hybridized carbons (Fsp3) is 0.364. The summed E-state index contributed by atoms with van der Waals surface area (Å²) in [6.07, 6.45) is -4.68. The van der Waals surface area contributed by atoms with E-state index in [0.29, 0.717) is 0 Å². The molecule has 1 heterocycles. The molecular weight excluding hydrogens is 285 g/mol. The molecule has 1 unspecified atom stereocenters. The number of alkyl halides is 3. The van der Waals surface area contributed by atoms with Crippen molar-refractivity contribution in [2.45, 2.75) is 12.2 Å². The Hall–Kier alpha value is -1.47. The van der Waals surface area contributed by atoms with Crippen molar-refractivity contribution in [2.75, 3.05) is 18.2 Å². The topological polar surface area (TPSA) is 45.1 Å². The fourth-order valence-corrected chi connectivity index (χ4v) is 1.83. The summed E-state index contributed by atoms with van der Waals surface area (Å²) >= 11 is 5.93. The van der Waals surface area contributed by atoms with Crippen molar-refractivity contribution in [3.8, 4) is 0 Å². The van der Waals surface area contributed by atoms with Gasteiger partial charge < -0.3 is 9.84 Å². The molecule has 0 aromatic heterocycles. The Morgan fingerprint density at radius 1 is 1.42 bits per heavy atom. The van der Waals surface area contributed by atoms with Crippen LogP contribution in [0.4, 0.5) is 18.9 Å². The summed E-state index contributed by atoms with van der Waals surface area (Å²) in [6.45, 7) is -0.722. The van der Waals surface area contributed by atoms with Gasteiger partial charge in [0.15, 0.2) is 0 Å². The Balaban J connectivity index is 2.41. The van der Waals surface area contributed by atoms with Gasteiger partial charge in [-0.15, -0.1) is 5.10 Å². The van der Waals surface area contributed by atoms with E-state index >= 15 is 0 Å². The van der Waals surface area contributed by atoms with Crippen LogP contribution in [0.2, 0.25) is 5.02 Å². The van der Waals surface area contributed by atoms with E-state index in [-0.39, 0.29) is 17.3 Å². The minimum absolute atomic E-state index is 0.244. The van der Waals surface area contributed by atoms with Crippen LogP contribution in [-0.4, -0.2) is 36.4 Å². The first-order valence-corrected chi connectivity index (χ1v) is 5.74. The summed E-state index contributed by atoms with van der Waals surface area (Å²) in [5.74, 6) is -1.35. The van der Waals surface area contributed by atoms with Crippen LogP contribution < -0.4 is 5.01 Å². The van der Waals surface area contributed by atoms with Crippen LogP contribution in [-0.2, 0) is 4.74 Å². The molecule has 0 amide bonds. The molecule has 104 valence electrons. The van der Waals surface area contributed by atoms with E-state index in [0.717, 1.165) is 5.01 Å². The lowest BCUT2D eigenvalue weighted by Gasteiger charge is -2.33. The highest BCUT2D eigenvalue weighted by molar-refractivity contribution is 6.33. The average Bonchev–Trinajstić information content (AvgIpc) is 2.37. The van der Waals surface area contributed by atoms with E-state index in [4.69, 9.17) is 11.6 Å². The summed E-state index contributed by atoms with van der Waals surface area (Å²) in [5.41, 5.74) is 0.285. The molecule has 1 N–H and O–H groups in total. The van der Waals surface area contributed by atoms with Gasteiger partial charge in [-0.3, -0.25) is 5.01 Å². The molecule has 0 radical (unpaired) electrons. The normalized spacial score (nSPS) is 19.9. The molecule has 2 rings (SSSR count). The Bertz CT molecular complexity index is 493. The predicted octanol–water partition coefficient (Wildman–Crippen LogP) is 2.41. The van der Waals surface area contributed by atoms with Crippen molar-refractivity contribution < 1.29 is 23.0 Å². The van der Waals surface area contributed by atoms with Crippen molar-refractivity contribution in [1.82, 2.24) is 0 Å². The summed E-state index contributed by atoms with van der Waals surface area (Å²) < 4.78 is 42.3. The van der Waals surface area contributed by atoms with Crippen LogP contribution in [0.15, 0.2) is 29.4 Å². The molecule has 1 aliphatic rings. The zero-order valence-corrected chi connectivity index (χ0v) is 10.3. The minimum Gasteiger partial charge on any atom is -0.471 e. The number of ether oxygens (including phenoxy) is 1. The van der Waals surface area contributed by atoms with Crippen LogP contribution in [0.5, 0.6) is 0 Å². The summed E-state index contributed by atoms with van der Waals surface area (Å²) in [5, 5.41) is 13.9. The van der Waals surface area contributed by atoms with Gasteiger partial charge in [-0.2, -0.15) is 13.2 Å². The number of aliphatic hydroxyl groups is 1. The largest absolute Gasteiger partial charge is 0.471 e. The van der Waals surface area contributed by atoms with Gasteiger partial charge in [0.05, 0.1) is 17.3 Å². The van der Waals surface area contributed by atoms with Gasteiger partial charge in [-0.1, -0.05) is 23.7 Å². The van der Waals surface area contributed by atoms with Crippen molar-refractivity contribution >= 4 is 23.2 Å². The number of rotatable bonds is 2. The van der Waals surface area contributed by atoms with E-state index in [1.807, 2.05) is 0 Å². The number of hydrogen-bond donors (Lipinski definition) is 1. The quantitative estimate of drug-likeness (QED) is 0.911. The van der Waals surface area contributed by atoms with Gasteiger partial charge in [0.25, 0.3) is 0 Å². The summed E-state index contributed by atoms with van der Waals surface area (Å²) in [7, 11) is 0. The number of hydrazone groups is 1. The molecule has 1 aromatic carbocycles. The molecular formula is C11H10ClF3N2O2. The molecule has 1 aromatic rings. The second-order valence-corrected chi connectivity index (χ2v) is 4.25. The van der Waals surface area contributed by atoms with Crippen molar-refractivity contribution in [2.24, 2.45) is 5.10 Å². The van der Waals surface area contributed by atoms with Crippen LogP contribution in [0, 0.1) is 0 Å². The van der Waals surface area contributed by atoms with Gasteiger partial charge in [-0.05, 0) is 12.1 Å². The van der Waals surface area contributed by atoms with Crippen LogP contribution in [0.25, 0.3) is 0 Å². The Labute approximate surface area is 112 Å². The number of nitrogens with zero attached hydrogens (tertiary/aromatic N) is 2. The van der Waals surface area contributed by atoms with Crippen LogP contribution in [0.3, 0.4) is 0 Å². The molecule has 0 aliphatic carbocycles. The zero-order chi connectivity index (χ0) is 14.0. The molecule has 0 bridgehead atoms. The number of aliphatic hydroxyl groups excluding tert-OH is 1. The van der Waals surface area contributed by atoms with E-state index < -0.39 is 24.7 Å². The number of anilines is 1. The molecule has 1 aliphatic heterocycles. The van der Waals surface area contributed by atoms with Crippen molar-refractivity contribution in [1.29, 1.82) is 0 Å². The Kier molecular flexibility index (Phi) is 3.86.